The third-order valence-corrected chi connectivity index (χ3v) is 4.07. The number of carbonyl (C=O) groups excluding carboxylic acids is 1. The number of benzene rings is 1. The molecular weight excluding hydrogens is 317 g/mol. The van der Waals surface area contributed by atoms with E-state index in [-0.39, 0.29) is 16.3 Å². The van der Waals surface area contributed by atoms with Gasteiger partial charge in [-0.2, -0.15) is 0 Å². The highest BCUT2D eigenvalue weighted by molar-refractivity contribution is 9.10. The Morgan fingerprint density at radius 1 is 1.47 bits per heavy atom. The van der Waals surface area contributed by atoms with Gasteiger partial charge >= 0.3 is 5.97 Å². The maximum atomic E-state index is 13.1. The van der Waals surface area contributed by atoms with Crippen molar-refractivity contribution >= 4 is 27.8 Å². The zero-order valence-corrected chi connectivity index (χ0v) is 11.9. The minimum absolute atomic E-state index is 0.00895. The van der Waals surface area contributed by atoms with Gasteiger partial charge in [-0.15, -0.1) is 0 Å². The molecule has 1 saturated heterocycles. The van der Waals surface area contributed by atoms with E-state index in [2.05, 4.69) is 15.9 Å². The molecule has 19 heavy (non-hydrogen) atoms. The topological polar surface area (TPSA) is 57.6 Å². The minimum atomic E-state index is -0.846. The van der Waals surface area contributed by atoms with Crippen LogP contribution in [0.3, 0.4) is 0 Å². The summed E-state index contributed by atoms with van der Waals surface area (Å²) < 4.78 is 13.3. The van der Waals surface area contributed by atoms with Crippen molar-refractivity contribution in [3.8, 4) is 0 Å². The molecule has 0 radical (unpaired) electrons. The van der Waals surface area contributed by atoms with Crippen LogP contribution < -0.4 is 0 Å². The van der Waals surface area contributed by atoms with Crippen molar-refractivity contribution in [2.75, 3.05) is 13.1 Å². The molecule has 1 aromatic carbocycles. The minimum Gasteiger partial charge on any atom is -0.481 e. The molecule has 1 aromatic rings. The van der Waals surface area contributed by atoms with Gasteiger partial charge in [0.05, 0.1) is 10.4 Å². The number of halogens is 2. The standard InChI is InChI=1S/C13H13BrFNO3/c1-7(13(18)19)9-5-16(6-9)12(17)8-2-3-11(15)10(14)4-8/h2-4,7,9H,5-6H2,1H3,(H,18,19). The van der Waals surface area contributed by atoms with Gasteiger partial charge in [0.25, 0.3) is 5.91 Å². The summed E-state index contributed by atoms with van der Waals surface area (Å²) >= 11 is 3.03. The van der Waals surface area contributed by atoms with Gasteiger partial charge in [-0.1, -0.05) is 6.92 Å². The van der Waals surface area contributed by atoms with Crippen LogP contribution in [0.4, 0.5) is 4.39 Å². The number of aliphatic carboxylic acids is 1. The largest absolute Gasteiger partial charge is 0.481 e. The molecule has 0 spiro atoms. The van der Waals surface area contributed by atoms with Crippen molar-refractivity contribution in [2.24, 2.45) is 11.8 Å². The molecule has 0 aliphatic carbocycles. The lowest BCUT2D eigenvalue weighted by molar-refractivity contribution is -0.144. The highest BCUT2D eigenvalue weighted by atomic mass is 79.9. The zero-order valence-electron chi connectivity index (χ0n) is 10.3. The van der Waals surface area contributed by atoms with E-state index in [0.29, 0.717) is 18.7 Å². The van der Waals surface area contributed by atoms with Crippen molar-refractivity contribution in [3.63, 3.8) is 0 Å². The van der Waals surface area contributed by atoms with E-state index in [4.69, 9.17) is 5.11 Å². The van der Waals surface area contributed by atoms with E-state index in [9.17, 15) is 14.0 Å². The molecule has 0 aromatic heterocycles. The fourth-order valence-corrected chi connectivity index (χ4v) is 2.39. The van der Waals surface area contributed by atoms with Crippen LogP contribution in [-0.2, 0) is 4.79 Å². The summed E-state index contributed by atoms with van der Waals surface area (Å²) in [6.45, 7) is 2.51. The van der Waals surface area contributed by atoms with Crippen LogP contribution in [0, 0.1) is 17.7 Å². The van der Waals surface area contributed by atoms with Gasteiger partial charge in [-0.3, -0.25) is 9.59 Å². The van der Waals surface area contributed by atoms with Gasteiger partial charge < -0.3 is 10.0 Å². The highest BCUT2D eigenvalue weighted by Gasteiger charge is 2.37. The normalized spacial score (nSPS) is 16.9. The number of nitrogens with zero attached hydrogens (tertiary/aromatic N) is 1. The highest BCUT2D eigenvalue weighted by Crippen LogP contribution is 2.26. The Morgan fingerprint density at radius 2 is 2.11 bits per heavy atom. The first-order valence-corrected chi connectivity index (χ1v) is 6.66. The Morgan fingerprint density at radius 3 is 2.63 bits per heavy atom. The third-order valence-electron chi connectivity index (χ3n) is 3.46. The van der Waals surface area contributed by atoms with E-state index in [1.54, 1.807) is 11.8 Å². The number of rotatable bonds is 3. The van der Waals surface area contributed by atoms with Crippen LogP contribution in [0.15, 0.2) is 22.7 Å². The molecule has 1 unspecified atom stereocenters. The van der Waals surface area contributed by atoms with Crippen LogP contribution in [-0.4, -0.2) is 35.0 Å². The quantitative estimate of drug-likeness (QED) is 0.926. The van der Waals surface area contributed by atoms with Gasteiger partial charge in [0.2, 0.25) is 0 Å². The Bertz CT molecular complexity index is 529. The second-order valence-corrected chi connectivity index (χ2v) is 5.58. The van der Waals surface area contributed by atoms with E-state index >= 15 is 0 Å². The lowest BCUT2D eigenvalue weighted by atomic mass is 9.86. The fourth-order valence-electron chi connectivity index (χ4n) is 2.01. The summed E-state index contributed by atoms with van der Waals surface area (Å²) in [4.78, 5) is 24.4. The number of hydrogen-bond acceptors (Lipinski definition) is 2. The Hall–Kier alpha value is -1.43. The predicted molar refractivity (Wildman–Crippen MR) is 70.3 cm³/mol. The number of carbonyl (C=O) groups is 2. The molecule has 4 nitrogen and oxygen atoms in total. The molecule has 1 aliphatic rings. The molecule has 6 heteroatoms. The number of amides is 1. The van der Waals surface area contributed by atoms with Crippen LogP contribution in [0.2, 0.25) is 0 Å². The SMILES string of the molecule is CC(C(=O)O)C1CN(C(=O)c2ccc(F)c(Br)c2)C1. The lowest BCUT2D eigenvalue weighted by Crippen LogP contribution is -2.53. The van der Waals surface area contributed by atoms with Crippen molar-refractivity contribution in [2.45, 2.75) is 6.92 Å². The van der Waals surface area contributed by atoms with E-state index in [1.807, 2.05) is 0 Å². The number of carboxylic acids is 1. The summed E-state index contributed by atoms with van der Waals surface area (Å²) in [6, 6.07) is 4.09. The molecule has 1 atom stereocenters. The third kappa shape index (κ3) is 2.78. The molecule has 0 bridgehead atoms. The summed E-state index contributed by atoms with van der Waals surface area (Å²) in [7, 11) is 0. The number of hydrogen-bond donors (Lipinski definition) is 1. The average molecular weight is 330 g/mol. The molecular formula is C13H13BrFNO3. The zero-order chi connectivity index (χ0) is 14.2. The van der Waals surface area contributed by atoms with Gasteiger partial charge in [0, 0.05) is 24.6 Å². The van der Waals surface area contributed by atoms with E-state index in [0.717, 1.165) is 0 Å². The molecule has 2 rings (SSSR count). The number of likely N-dealkylation sites (tertiary alicyclic amines) is 1. The van der Waals surface area contributed by atoms with Crippen molar-refractivity contribution < 1.29 is 19.1 Å². The summed E-state index contributed by atoms with van der Waals surface area (Å²) in [5.41, 5.74) is 0.398. The fraction of sp³-hybridized carbons (Fsp3) is 0.385. The monoisotopic (exact) mass is 329 g/mol. The summed E-state index contributed by atoms with van der Waals surface area (Å²) in [5, 5.41) is 8.87. The first kappa shape index (κ1) is 14.0. The van der Waals surface area contributed by atoms with Crippen LogP contribution >= 0.6 is 15.9 Å². The van der Waals surface area contributed by atoms with E-state index < -0.39 is 17.7 Å². The number of carboxylic acid groups (broad SMARTS) is 1. The maximum absolute atomic E-state index is 13.1. The second-order valence-electron chi connectivity index (χ2n) is 4.73. The molecule has 1 aliphatic heterocycles. The molecule has 1 heterocycles. The van der Waals surface area contributed by atoms with Gasteiger partial charge in [0.1, 0.15) is 5.82 Å². The molecule has 1 amide bonds. The van der Waals surface area contributed by atoms with Crippen LogP contribution in [0.5, 0.6) is 0 Å². The van der Waals surface area contributed by atoms with Crippen LogP contribution in [0.1, 0.15) is 17.3 Å². The average Bonchev–Trinajstić information content (AvgIpc) is 2.30. The van der Waals surface area contributed by atoms with Crippen molar-refractivity contribution in [3.05, 3.63) is 34.1 Å². The maximum Gasteiger partial charge on any atom is 0.306 e. The predicted octanol–water partition coefficient (Wildman–Crippen LogP) is 2.38. The molecule has 1 fully saturated rings. The second kappa shape index (κ2) is 5.28. The first-order chi connectivity index (χ1) is 8.90. The molecule has 1 N–H and O–H groups in total. The first-order valence-electron chi connectivity index (χ1n) is 5.87. The van der Waals surface area contributed by atoms with Gasteiger partial charge in [-0.25, -0.2) is 4.39 Å². The summed E-state index contributed by atoms with van der Waals surface area (Å²) in [5.74, 6) is -1.93. The molecule has 102 valence electrons. The van der Waals surface area contributed by atoms with Crippen molar-refractivity contribution in [1.82, 2.24) is 4.90 Å². The molecule has 0 saturated carbocycles. The summed E-state index contributed by atoms with van der Waals surface area (Å²) in [6.07, 6.45) is 0. The van der Waals surface area contributed by atoms with Gasteiger partial charge in [-0.05, 0) is 34.1 Å². The lowest BCUT2D eigenvalue weighted by Gasteiger charge is -2.41. The smallest absolute Gasteiger partial charge is 0.306 e. The van der Waals surface area contributed by atoms with E-state index in [1.165, 1.54) is 18.2 Å². The van der Waals surface area contributed by atoms with Gasteiger partial charge in [0.15, 0.2) is 0 Å². The van der Waals surface area contributed by atoms with Crippen LogP contribution in [0.25, 0.3) is 0 Å². The Labute approximate surface area is 118 Å². The Kier molecular flexibility index (Phi) is 3.89. The van der Waals surface area contributed by atoms with Crippen molar-refractivity contribution in [1.29, 1.82) is 0 Å². The Balaban J connectivity index is 2.00.